The molecule has 0 radical (unpaired) electrons. The average molecular weight is 448 g/mol. The minimum Gasteiger partial charge on any atom is -1.00 e. The van der Waals surface area contributed by atoms with Crippen molar-refractivity contribution in [3.05, 3.63) is 100 Å². The van der Waals surface area contributed by atoms with E-state index in [0.29, 0.717) is 10.7 Å². The number of hydrogen-bond donors (Lipinski definition) is 2. The number of carbonyl (C=O) groups excluding carboxylic acids is 1. The summed E-state index contributed by atoms with van der Waals surface area (Å²) in [6.07, 6.45) is 0.710. The van der Waals surface area contributed by atoms with Crippen molar-refractivity contribution in [3.8, 4) is 0 Å². The van der Waals surface area contributed by atoms with Gasteiger partial charge in [-0.2, -0.15) is 4.58 Å². The van der Waals surface area contributed by atoms with E-state index in [0.717, 1.165) is 5.56 Å². The molecule has 3 aromatic carbocycles. The number of aliphatic hydroxyl groups excluding tert-OH is 2. The van der Waals surface area contributed by atoms with E-state index < -0.39 is 24.3 Å². The summed E-state index contributed by atoms with van der Waals surface area (Å²) in [7, 11) is 0. The molecule has 3 rings (SSSR count). The second-order valence-electron chi connectivity index (χ2n) is 6.50. The van der Waals surface area contributed by atoms with Crippen LogP contribution in [0.2, 0.25) is 5.02 Å². The Morgan fingerprint density at radius 1 is 1.03 bits per heavy atom. The minimum atomic E-state index is -1.04. The fourth-order valence-electron chi connectivity index (χ4n) is 2.96. The van der Waals surface area contributed by atoms with Crippen LogP contribution in [-0.2, 0) is 0 Å². The van der Waals surface area contributed by atoms with Crippen molar-refractivity contribution < 1.29 is 36.4 Å². The van der Waals surface area contributed by atoms with Gasteiger partial charge in [-0.25, -0.2) is 4.39 Å². The summed E-state index contributed by atoms with van der Waals surface area (Å²) in [4.78, 5) is 13.1. The fourth-order valence-corrected chi connectivity index (χ4v) is 3.13. The van der Waals surface area contributed by atoms with Crippen molar-refractivity contribution in [1.29, 1.82) is 0 Å². The van der Waals surface area contributed by atoms with Crippen molar-refractivity contribution >= 4 is 29.3 Å². The number of halogens is 3. The van der Waals surface area contributed by atoms with Gasteiger partial charge in [-0.05, 0) is 36.4 Å². The molecule has 0 heterocycles. The summed E-state index contributed by atoms with van der Waals surface area (Å²) < 4.78 is 15.9. The summed E-state index contributed by atoms with van der Waals surface area (Å²) in [5.41, 5.74) is 1.40. The standard InChI is InChI=1S/C23H20ClFNO3.ClH/c24-17-10-11-22(20(12-17)23(29)19-8-4-5-9-21(19)25)26(14-18(28)15-27)13-16-6-2-1-3-7-16;/h1-13,18,27-28H,14-15H2;1H/q+1;/p-1. The number of aliphatic hydroxyl groups is 2. The second kappa shape index (κ2) is 11.0. The lowest BCUT2D eigenvalue weighted by atomic mass is 10.0. The van der Waals surface area contributed by atoms with E-state index in [1.54, 1.807) is 29.0 Å². The van der Waals surface area contributed by atoms with Gasteiger partial charge in [0, 0.05) is 16.7 Å². The molecule has 30 heavy (non-hydrogen) atoms. The molecule has 0 spiro atoms. The number of benzene rings is 3. The predicted molar refractivity (Wildman–Crippen MR) is 111 cm³/mol. The number of nitrogens with zero attached hydrogens (tertiary/aromatic N) is 1. The summed E-state index contributed by atoms with van der Waals surface area (Å²) in [5, 5.41) is 19.7. The van der Waals surface area contributed by atoms with Crippen molar-refractivity contribution in [2.24, 2.45) is 0 Å². The third kappa shape index (κ3) is 5.74. The maximum atomic E-state index is 14.2. The van der Waals surface area contributed by atoms with Gasteiger partial charge in [0.15, 0.2) is 12.8 Å². The van der Waals surface area contributed by atoms with Crippen molar-refractivity contribution in [2.75, 3.05) is 13.2 Å². The molecular formula is C23H20Cl2FNO3. The van der Waals surface area contributed by atoms with Crippen molar-refractivity contribution in [1.82, 2.24) is 0 Å². The highest BCUT2D eigenvalue weighted by Gasteiger charge is 2.25. The number of carbonyl (C=O) groups is 1. The molecule has 1 atom stereocenters. The highest BCUT2D eigenvalue weighted by molar-refractivity contribution is 6.31. The van der Waals surface area contributed by atoms with Gasteiger partial charge in [-0.3, -0.25) is 4.79 Å². The zero-order valence-corrected chi connectivity index (χ0v) is 17.4. The quantitative estimate of drug-likeness (QED) is 0.320. The Kier molecular flexibility index (Phi) is 8.69. The molecule has 4 nitrogen and oxygen atoms in total. The summed E-state index contributed by atoms with van der Waals surface area (Å²) in [6.45, 7) is -0.409. The first-order valence-corrected chi connectivity index (χ1v) is 9.41. The van der Waals surface area contributed by atoms with Crippen molar-refractivity contribution in [3.63, 3.8) is 0 Å². The second-order valence-corrected chi connectivity index (χ2v) is 6.94. The highest BCUT2D eigenvalue weighted by atomic mass is 35.5. The Morgan fingerprint density at radius 3 is 2.37 bits per heavy atom. The Bertz CT molecular complexity index is 1040. The van der Waals surface area contributed by atoms with E-state index in [-0.39, 0.29) is 30.1 Å². The van der Waals surface area contributed by atoms with E-state index in [4.69, 9.17) is 11.6 Å². The van der Waals surface area contributed by atoms with Crippen LogP contribution < -0.4 is 12.4 Å². The van der Waals surface area contributed by atoms with Crippen LogP contribution in [0.25, 0.3) is 0 Å². The van der Waals surface area contributed by atoms with Crippen molar-refractivity contribution in [2.45, 2.75) is 6.10 Å². The highest BCUT2D eigenvalue weighted by Crippen LogP contribution is 2.27. The van der Waals surface area contributed by atoms with Gasteiger partial charge in [0.1, 0.15) is 11.9 Å². The van der Waals surface area contributed by atoms with Crippen LogP contribution in [0, 0.1) is 5.82 Å². The van der Waals surface area contributed by atoms with Gasteiger partial charge in [0.25, 0.3) is 0 Å². The lowest BCUT2D eigenvalue weighted by molar-refractivity contribution is -0.448. The first-order chi connectivity index (χ1) is 14.0. The van der Waals surface area contributed by atoms with Gasteiger partial charge < -0.3 is 22.6 Å². The molecule has 0 aliphatic carbocycles. The molecule has 0 bridgehead atoms. The maximum Gasteiger partial charge on any atom is 0.216 e. The number of ketones is 1. The van der Waals surface area contributed by atoms with E-state index in [2.05, 4.69) is 0 Å². The smallest absolute Gasteiger partial charge is 0.216 e. The molecule has 156 valence electrons. The Hall–Kier alpha value is -2.57. The minimum absolute atomic E-state index is 0. The molecule has 7 heteroatoms. The largest absolute Gasteiger partial charge is 1.00 e. The molecule has 0 saturated heterocycles. The molecule has 0 fully saturated rings. The van der Waals surface area contributed by atoms with Crippen LogP contribution in [0.15, 0.2) is 72.8 Å². The molecule has 0 aromatic heterocycles. The molecule has 3 aromatic rings. The Labute approximate surface area is 185 Å². The normalized spacial score (nSPS) is 12.2. The summed E-state index contributed by atoms with van der Waals surface area (Å²) in [5.74, 6) is -1.15. The molecule has 0 aliphatic rings. The predicted octanol–water partition coefficient (Wildman–Crippen LogP) is 0.830. The van der Waals surface area contributed by atoms with Crippen LogP contribution in [0.3, 0.4) is 0 Å². The SMILES string of the molecule is O=C(c1ccccc1F)c1cc(Cl)ccc1[N+](=Cc1ccccc1)CC(O)CO.[Cl-]. The summed E-state index contributed by atoms with van der Waals surface area (Å²) in [6, 6.07) is 19.8. The zero-order valence-electron chi connectivity index (χ0n) is 15.9. The van der Waals surface area contributed by atoms with Gasteiger partial charge in [0.05, 0.1) is 17.7 Å². The molecule has 1 unspecified atom stereocenters. The van der Waals surface area contributed by atoms with E-state index in [1.807, 2.05) is 30.3 Å². The zero-order chi connectivity index (χ0) is 20.8. The maximum absolute atomic E-state index is 14.2. The summed E-state index contributed by atoms with van der Waals surface area (Å²) >= 11 is 6.12. The van der Waals surface area contributed by atoms with E-state index >= 15 is 0 Å². The van der Waals surface area contributed by atoms with Gasteiger partial charge in [-0.1, -0.05) is 41.9 Å². The monoisotopic (exact) mass is 447 g/mol. The van der Waals surface area contributed by atoms with Gasteiger partial charge in [0.2, 0.25) is 11.5 Å². The van der Waals surface area contributed by atoms with Crippen LogP contribution in [0.5, 0.6) is 0 Å². The number of hydrogen-bond acceptors (Lipinski definition) is 3. The fraction of sp³-hybridized carbons (Fsp3) is 0.130. The lowest BCUT2D eigenvalue weighted by Gasteiger charge is -2.11. The van der Waals surface area contributed by atoms with E-state index in [9.17, 15) is 19.4 Å². The lowest BCUT2D eigenvalue weighted by Crippen LogP contribution is -3.00. The van der Waals surface area contributed by atoms with Gasteiger partial charge in [-0.15, -0.1) is 0 Å². The molecule has 2 N–H and O–H groups in total. The van der Waals surface area contributed by atoms with Crippen LogP contribution in [0.4, 0.5) is 10.1 Å². The van der Waals surface area contributed by atoms with Gasteiger partial charge >= 0.3 is 0 Å². The topological polar surface area (TPSA) is 60.5 Å². The first-order valence-electron chi connectivity index (χ1n) is 9.04. The van der Waals surface area contributed by atoms with Crippen LogP contribution in [-0.4, -0.2) is 46.0 Å². The Balaban J connectivity index is 0.00000320. The van der Waals surface area contributed by atoms with E-state index in [1.165, 1.54) is 24.3 Å². The Morgan fingerprint density at radius 2 is 1.70 bits per heavy atom. The molecule has 0 amide bonds. The molecular weight excluding hydrogens is 428 g/mol. The van der Waals surface area contributed by atoms with Crippen LogP contribution >= 0.6 is 11.6 Å². The third-order valence-corrected chi connectivity index (χ3v) is 4.59. The van der Waals surface area contributed by atoms with Crippen LogP contribution in [0.1, 0.15) is 21.5 Å². The third-order valence-electron chi connectivity index (χ3n) is 4.35. The first kappa shape index (κ1) is 23.7. The number of rotatable bonds is 7. The average Bonchev–Trinajstić information content (AvgIpc) is 2.73. The molecule has 0 aliphatic heterocycles. The molecule has 0 saturated carbocycles.